The Bertz CT molecular complexity index is 483. The number of carbonyl (C=O) groups excluding carboxylic acids is 2. The van der Waals surface area contributed by atoms with Crippen molar-refractivity contribution in [3.8, 4) is 0 Å². The lowest BCUT2D eigenvalue weighted by Crippen LogP contribution is -2.54. The second-order valence-electron chi connectivity index (χ2n) is 7.17. The Morgan fingerprint density at radius 3 is 2.83 bits per heavy atom. The minimum Gasteiger partial charge on any atom is -0.391 e. The van der Waals surface area contributed by atoms with E-state index in [1.54, 1.807) is 11.8 Å². The molecule has 6 nitrogen and oxygen atoms in total. The first-order chi connectivity index (χ1) is 10.9. The molecule has 0 aromatic carbocycles. The molecule has 2 aliphatic heterocycles. The van der Waals surface area contributed by atoms with Gasteiger partial charge in [0.25, 0.3) is 5.91 Å². The Labute approximate surface area is 136 Å². The standard InChI is InChI=1S/C16H26FN3O3/c1-11-14(22)19(9-6-18-11)7-2-12(17)15(23)20-8-5-16(3-4-16)13(21)10-20/h11-13,18,21H,2-10H2,1H3/t11-,12+,13+/m0/s1. The lowest BCUT2D eigenvalue weighted by Gasteiger charge is -2.37. The summed E-state index contributed by atoms with van der Waals surface area (Å²) in [7, 11) is 0. The molecule has 2 heterocycles. The molecule has 3 rings (SSSR count). The van der Waals surface area contributed by atoms with Gasteiger partial charge in [0.15, 0.2) is 6.17 Å². The summed E-state index contributed by atoms with van der Waals surface area (Å²) >= 11 is 0. The first kappa shape index (κ1) is 16.6. The molecule has 23 heavy (non-hydrogen) atoms. The van der Waals surface area contributed by atoms with Gasteiger partial charge in [-0.2, -0.15) is 0 Å². The number of alkyl halides is 1. The van der Waals surface area contributed by atoms with Crippen LogP contribution in [0.1, 0.15) is 32.6 Å². The number of nitrogens with one attached hydrogen (secondary N) is 1. The Hall–Kier alpha value is -1.21. The first-order valence-electron chi connectivity index (χ1n) is 8.56. The van der Waals surface area contributed by atoms with Gasteiger partial charge < -0.3 is 20.2 Å². The molecule has 3 fully saturated rings. The van der Waals surface area contributed by atoms with E-state index in [0.29, 0.717) is 19.6 Å². The number of nitrogens with zero attached hydrogens (tertiary/aromatic N) is 2. The largest absolute Gasteiger partial charge is 0.391 e. The van der Waals surface area contributed by atoms with Crippen molar-refractivity contribution in [1.29, 1.82) is 0 Å². The number of rotatable bonds is 4. The van der Waals surface area contributed by atoms with Gasteiger partial charge >= 0.3 is 0 Å². The maximum Gasteiger partial charge on any atom is 0.257 e. The van der Waals surface area contributed by atoms with E-state index in [-0.39, 0.29) is 36.9 Å². The Morgan fingerprint density at radius 2 is 2.17 bits per heavy atom. The van der Waals surface area contributed by atoms with Gasteiger partial charge in [0, 0.05) is 39.1 Å². The first-order valence-corrected chi connectivity index (χ1v) is 8.56. The number of hydrogen-bond donors (Lipinski definition) is 2. The summed E-state index contributed by atoms with van der Waals surface area (Å²) in [5.41, 5.74) is 0.00590. The van der Waals surface area contributed by atoms with Crippen molar-refractivity contribution >= 4 is 11.8 Å². The van der Waals surface area contributed by atoms with Crippen LogP contribution >= 0.6 is 0 Å². The summed E-state index contributed by atoms with van der Waals surface area (Å²) in [5.74, 6) is -0.588. The predicted molar refractivity (Wildman–Crippen MR) is 82.4 cm³/mol. The van der Waals surface area contributed by atoms with Gasteiger partial charge in [-0.05, 0) is 31.6 Å². The molecule has 0 unspecified atom stereocenters. The van der Waals surface area contributed by atoms with E-state index in [1.165, 1.54) is 4.90 Å². The molecular weight excluding hydrogens is 301 g/mol. The number of piperazine rings is 1. The zero-order valence-corrected chi connectivity index (χ0v) is 13.6. The van der Waals surface area contributed by atoms with Crippen LogP contribution in [-0.4, -0.2) is 77.8 Å². The fourth-order valence-corrected chi connectivity index (χ4v) is 3.66. The summed E-state index contributed by atoms with van der Waals surface area (Å²) < 4.78 is 14.3. The van der Waals surface area contributed by atoms with Crippen molar-refractivity contribution in [2.24, 2.45) is 5.41 Å². The monoisotopic (exact) mass is 327 g/mol. The summed E-state index contributed by atoms with van der Waals surface area (Å²) in [4.78, 5) is 27.2. The lowest BCUT2D eigenvalue weighted by molar-refractivity contribution is -0.143. The second kappa shape index (κ2) is 6.36. The third-order valence-corrected chi connectivity index (χ3v) is 5.62. The second-order valence-corrected chi connectivity index (χ2v) is 7.17. The molecule has 7 heteroatoms. The van der Waals surface area contributed by atoms with Gasteiger partial charge in [0.1, 0.15) is 0 Å². The summed E-state index contributed by atoms with van der Waals surface area (Å²) in [5, 5.41) is 13.2. The van der Waals surface area contributed by atoms with Crippen LogP contribution < -0.4 is 5.32 Å². The van der Waals surface area contributed by atoms with Crippen LogP contribution in [0.15, 0.2) is 0 Å². The normalized spacial score (nSPS) is 31.3. The molecule has 130 valence electrons. The van der Waals surface area contributed by atoms with Crippen molar-refractivity contribution in [3.63, 3.8) is 0 Å². The van der Waals surface area contributed by atoms with E-state index >= 15 is 0 Å². The van der Waals surface area contributed by atoms with Crippen molar-refractivity contribution in [2.75, 3.05) is 32.7 Å². The van der Waals surface area contributed by atoms with Gasteiger partial charge in [0.05, 0.1) is 12.1 Å². The van der Waals surface area contributed by atoms with Crippen molar-refractivity contribution in [3.05, 3.63) is 0 Å². The molecule has 3 atom stereocenters. The minimum atomic E-state index is -1.60. The number of likely N-dealkylation sites (tertiary alicyclic amines) is 1. The number of hydrogen-bond acceptors (Lipinski definition) is 4. The number of halogens is 1. The summed E-state index contributed by atoms with van der Waals surface area (Å²) in [6.07, 6.45) is 0.684. The average Bonchev–Trinajstić information content (AvgIpc) is 3.31. The quantitative estimate of drug-likeness (QED) is 0.757. The molecule has 0 aromatic heterocycles. The van der Waals surface area contributed by atoms with Crippen LogP contribution in [0.2, 0.25) is 0 Å². The van der Waals surface area contributed by atoms with E-state index in [9.17, 15) is 19.1 Å². The fraction of sp³-hybridized carbons (Fsp3) is 0.875. The smallest absolute Gasteiger partial charge is 0.257 e. The van der Waals surface area contributed by atoms with Crippen LogP contribution in [0.3, 0.4) is 0 Å². The van der Waals surface area contributed by atoms with E-state index in [1.807, 2.05) is 0 Å². The zero-order chi connectivity index (χ0) is 16.6. The number of β-amino-alcohol motifs (C(OH)–C–C–N with tert-alkyl or cyclic N) is 1. The number of aliphatic hydroxyl groups is 1. The van der Waals surface area contributed by atoms with Crippen LogP contribution in [-0.2, 0) is 9.59 Å². The molecule has 0 bridgehead atoms. The highest BCUT2D eigenvalue weighted by Crippen LogP contribution is 2.53. The van der Waals surface area contributed by atoms with E-state index in [2.05, 4.69) is 5.32 Å². The lowest BCUT2D eigenvalue weighted by atomic mass is 9.90. The molecular formula is C16H26FN3O3. The Kier molecular flexibility index (Phi) is 4.60. The van der Waals surface area contributed by atoms with E-state index in [0.717, 1.165) is 19.3 Å². The van der Waals surface area contributed by atoms with Crippen molar-refractivity contribution in [2.45, 2.75) is 50.9 Å². The third-order valence-electron chi connectivity index (χ3n) is 5.62. The highest BCUT2D eigenvalue weighted by Gasteiger charge is 2.52. The van der Waals surface area contributed by atoms with Gasteiger partial charge in [0.2, 0.25) is 5.91 Å². The topological polar surface area (TPSA) is 72.9 Å². The zero-order valence-electron chi connectivity index (χ0n) is 13.6. The Balaban J connectivity index is 1.47. The van der Waals surface area contributed by atoms with Crippen LogP contribution in [0.25, 0.3) is 0 Å². The van der Waals surface area contributed by atoms with Gasteiger partial charge in [-0.1, -0.05) is 0 Å². The predicted octanol–water partition coefficient (Wildman–Crippen LogP) is -0.0917. The maximum atomic E-state index is 14.3. The molecule has 1 saturated carbocycles. The van der Waals surface area contributed by atoms with Gasteiger partial charge in [-0.3, -0.25) is 9.59 Å². The van der Waals surface area contributed by atoms with Crippen molar-refractivity contribution < 1.29 is 19.1 Å². The number of aliphatic hydroxyl groups excluding tert-OH is 1. The van der Waals surface area contributed by atoms with Crippen molar-refractivity contribution in [1.82, 2.24) is 15.1 Å². The maximum absolute atomic E-state index is 14.3. The molecule has 1 aliphatic carbocycles. The third kappa shape index (κ3) is 3.35. The summed E-state index contributed by atoms with van der Waals surface area (Å²) in [6.45, 7) is 4.06. The molecule has 0 radical (unpaired) electrons. The molecule has 2 amide bonds. The van der Waals surface area contributed by atoms with Crippen LogP contribution in [0.5, 0.6) is 0 Å². The summed E-state index contributed by atoms with van der Waals surface area (Å²) in [6, 6.07) is -0.246. The molecule has 1 spiro atoms. The van der Waals surface area contributed by atoms with E-state index < -0.39 is 18.2 Å². The molecule has 2 saturated heterocycles. The minimum absolute atomic E-state index is 0.00590. The Morgan fingerprint density at radius 1 is 1.43 bits per heavy atom. The molecule has 2 N–H and O–H groups in total. The SMILES string of the molecule is C[C@@H]1NCCN(CC[C@@H](F)C(=O)N2CCC3(CC3)[C@H](O)C2)C1=O. The highest BCUT2D eigenvalue weighted by molar-refractivity contribution is 5.83. The van der Waals surface area contributed by atoms with Gasteiger partial charge in [-0.15, -0.1) is 0 Å². The number of amides is 2. The van der Waals surface area contributed by atoms with E-state index in [4.69, 9.17) is 0 Å². The highest BCUT2D eigenvalue weighted by atomic mass is 19.1. The molecule has 3 aliphatic rings. The van der Waals surface area contributed by atoms with Gasteiger partial charge in [-0.25, -0.2) is 4.39 Å². The fourth-order valence-electron chi connectivity index (χ4n) is 3.66. The number of piperidine rings is 1. The molecule has 0 aromatic rings. The number of carbonyl (C=O) groups is 2. The van der Waals surface area contributed by atoms with Crippen LogP contribution in [0, 0.1) is 5.41 Å². The average molecular weight is 327 g/mol. The van der Waals surface area contributed by atoms with Crippen LogP contribution in [0.4, 0.5) is 4.39 Å².